The van der Waals surface area contributed by atoms with Crippen LogP contribution in [0.3, 0.4) is 0 Å². The minimum atomic E-state index is -0.582. The summed E-state index contributed by atoms with van der Waals surface area (Å²) in [4.78, 5) is 28.4. The Kier molecular flexibility index (Phi) is 5.31. The van der Waals surface area contributed by atoms with Crippen molar-refractivity contribution < 1.29 is 14.3 Å². The van der Waals surface area contributed by atoms with Crippen LogP contribution in [0.1, 0.15) is 27.2 Å². The molecule has 1 aliphatic heterocycles. The molecule has 24 heavy (non-hydrogen) atoms. The summed E-state index contributed by atoms with van der Waals surface area (Å²) in [5.41, 5.74) is 9.04. The first-order valence-electron chi connectivity index (χ1n) is 7.70. The molecule has 0 radical (unpaired) electrons. The smallest absolute Gasteiger partial charge is 0.412 e. The van der Waals surface area contributed by atoms with E-state index in [1.54, 1.807) is 49.9 Å². The Morgan fingerprint density at radius 3 is 2.92 bits per heavy atom. The zero-order valence-electron chi connectivity index (χ0n) is 14.0. The first-order valence-corrected chi connectivity index (χ1v) is 7.70. The molecule has 1 aliphatic rings. The third-order valence-electron chi connectivity index (χ3n) is 3.41. The third-order valence-corrected chi connectivity index (χ3v) is 3.41. The van der Waals surface area contributed by atoms with E-state index in [9.17, 15) is 9.59 Å². The van der Waals surface area contributed by atoms with E-state index in [-0.39, 0.29) is 11.8 Å². The van der Waals surface area contributed by atoms with Crippen LogP contribution in [0.2, 0.25) is 0 Å². The van der Waals surface area contributed by atoms with Crippen molar-refractivity contribution in [2.24, 2.45) is 11.0 Å². The van der Waals surface area contributed by atoms with E-state index < -0.39 is 11.7 Å². The van der Waals surface area contributed by atoms with Crippen molar-refractivity contribution in [3.05, 3.63) is 34.7 Å². The lowest BCUT2D eigenvalue weighted by Gasteiger charge is -2.21. The number of carbonyl (C=O) groups is 2. The van der Waals surface area contributed by atoms with Gasteiger partial charge in [-0.3, -0.25) is 10.1 Å². The van der Waals surface area contributed by atoms with E-state index in [1.807, 2.05) is 0 Å². The molecule has 8 heteroatoms. The van der Waals surface area contributed by atoms with Crippen LogP contribution in [0, 0.1) is 5.92 Å². The van der Waals surface area contributed by atoms with Crippen molar-refractivity contribution in [2.75, 3.05) is 23.3 Å². The van der Waals surface area contributed by atoms with Gasteiger partial charge < -0.3 is 9.64 Å². The molecule has 0 spiro atoms. The maximum absolute atomic E-state index is 12.1. The number of hydrogen-bond acceptors (Lipinski definition) is 4. The molecule has 1 heterocycles. The Bertz CT molecular complexity index is 677. The highest BCUT2D eigenvalue weighted by Gasteiger charge is 2.30. The molecular weight excluding hydrogens is 310 g/mol. The molecular formula is C16H21N5O3. The van der Waals surface area contributed by atoms with E-state index in [4.69, 9.17) is 10.3 Å². The molecule has 0 aromatic heterocycles. The molecule has 0 bridgehead atoms. The molecule has 1 N–H and O–H groups in total. The molecule has 0 saturated carbocycles. The highest BCUT2D eigenvalue weighted by molar-refractivity contribution is 5.96. The van der Waals surface area contributed by atoms with Crippen LogP contribution in [0.4, 0.5) is 16.2 Å². The molecule has 1 aromatic rings. The summed E-state index contributed by atoms with van der Waals surface area (Å²) >= 11 is 0. The average molecular weight is 331 g/mol. The predicted molar refractivity (Wildman–Crippen MR) is 90.8 cm³/mol. The van der Waals surface area contributed by atoms with Crippen LogP contribution >= 0.6 is 0 Å². The van der Waals surface area contributed by atoms with Crippen molar-refractivity contribution in [3.63, 3.8) is 0 Å². The van der Waals surface area contributed by atoms with E-state index >= 15 is 0 Å². The van der Waals surface area contributed by atoms with Gasteiger partial charge in [-0.05, 0) is 50.4 Å². The standard InChI is InChI=1S/C16H21N5O3/c1-16(2,3)24-15(23)19-12-5-4-6-13(8-12)21-10-11(7-14(21)22)9-18-20-17/h4-6,8,11H,7,9-10H2,1-3H3,(H,19,23). The lowest BCUT2D eigenvalue weighted by atomic mass is 10.1. The summed E-state index contributed by atoms with van der Waals surface area (Å²) in [5, 5.41) is 6.19. The number of hydrogen-bond donors (Lipinski definition) is 1. The summed E-state index contributed by atoms with van der Waals surface area (Å²) in [7, 11) is 0. The van der Waals surface area contributed by atoms with Gasteiger partial charge in [0.25, 0.3) is 0 Å². The summed E-state index contributed by atoms with van der Waals surface area (Å²) in [6.07, 6.45) is -0.198. The summed E-state index contributed by atoms with van der Waals surface area (Å²) in [6.45, 7) is 6.16. The van der Waals surface area contributed by atoms with Crippen LogP contribution in [0.15, 0.2) is 29.4 Å². The largest absolute Gasteiger partial charge is 0.444 e. The molecule has 1 atom stereocenters. The van der Waals surface area contributed by atoms with Gasteiger partial charge >= 0.3 is 6.09 Å². The van der Waals surface area contributed by atoms with Crippen molar-refractivity contribution >= 4 is 23.4 Å². The second-order valence-electron chi connectivity index (χ2n) is 6.67. The van der Waals surface area contributed by atoms with Gasteiger partial charge in [0.15, 0.2) is 0 Å². The van der Waals surface area contributed by atoms with Gasteiger partial charge in [0, 0.05) is 35.8 Å². The first kappa shape index (κ1) is 17.6. The van der Waals surface area contributed by atoms with Gasteiger partial charge in [0.2, 0.25) is 5.91 Å². The summed E-state index contributed by atoms with van der Waals surface area (Å²) < 4.78 is 5.21. The quantitative estimate of drug-likeness (QED) is 0.516. The summed E-state index contributed by atoms with van der Waals surface area (Å²) in [5.74, 6) is -0.0153. The molecule has 2 amide bonds. The Labute approximate surface area is 140 Å². The number of azide groups is 1. The minimum absolute atomic E-state index is 0.0101. The maximum Gasteiger partial charge on any atom is 0.412 e. The van der Waals surface area contributed by atoms with E-state index in [0.717, 1.165) is 0 Å². The van der Waals surface area contributed by atoms with Crippen LogP contribution in [0.25, 0.3) is 10.4 Å². The van der Waals surface area contributed by atoms with Crippen LogP contribution in [-0.2, 0) is 9.53 Å². The zero-order valence-corrected chi connectivity index (χ0v) is 14.0. The number of carbonyl (C=O) groups excluding carboxylic acids is 2. The predicted octanol–water partition coefficient (Wildman–Crippen LogP) is 3.70. The Morgan fingerprint density at radius 1 is 1.50 bits per heavy atom. The zero-order chi connectivity index (χ0) is 17.7. The number of rotatable bonds is 4. The fraction of sp³-hybridized carbons (Fsp3) is 0.500. The molecule has 128 valence electrons. The summed E-state index contributed by atoms with van der Waals surface area (Å²) in [6, 6.07) is 7.01. The van der Waals surface area contributed by atoms with Crippen LogP contribution < -0.4 is 10.2 Å². The highest BCUT2D eigenvalue weighted by Crippen LogP contribution is 2.27. The van der Waals surface area contributed by atoms with Crippen LogP contribution in [-0.4, -0.2) is 30.7 Å². The van der Waals surface area contributed by atoms with Crippen molar-refractivity contribution in [1.82, 2.24) is 0 Å². The van der Waals surface area contributed by atoms with Crippen molar-refractivity contribution in [3.8, 4) is 0 Å². The van der Waals surface area contributed by atoms with E-state index in [2.05, 4.69) is 15.3 Å². The Morgan fingerprint density at radius 2 is 2.25 bits per heavy atom. The van der Waals surface area contributed by atoms with Gasteiger partial charge in [0.05, 0.1) is 0 Å². The van der Waals surface area contributed by atoms with Crippen molar-refractivity contribution in [2.45, 2.75) is 32.8 Å². The molecule has 1 saturated heterocycles. The lowest BCUT2D eigenvalue weighted by Crippen LogP contribution is -2.27. The van der Waals surface area contributed by atoms with E-state index in [1.165, 1.54) is 0 Å². The van der Waals surface area contributed by atoms with Crippen LogP contribution in [0.5, 0.6) is 0 Å². The second-order valence-corrected chi connectivity index (χ2v) is 6.67. The monoisotopic (exact) mass is 331 g/mol. The van der Waals surface area contributed by atoms with E-state index in [0.29, 0.717) is 30.9 Å². The number of nitrogens with one attached hydrogen (secondary N) is 1. The molecule has 1 unspecified atom stereocenters. The average Bonchev–Trinajstić information content (AvgIpc) is 2.84. The van der Waals surface area contributed by atoms with Gasteiger partial charge in [-0.1, -0.05) is 11.2 Å². The normalized spacial score (nSPS) is 17.4. The number of anilines is 2. The molecule has 1 aromatic carbocycles. The molecule has 8 nitrogen and oxygen atoms in total. The number of amides is 2. The fourth-order valence-electron chi connectivity index (χ4n) is 2.48. The van der Waals surface area contributed by atoms with Gasteiger partial charge in [-0.15, -0.1) is 0 Å². The second kappa shape index (κ2) is 7.23. The molecule has 2 rings (SSSR count). The molecule has 1 fully saturated rings. The minimum Gasteiger partial charge on any atom is -0.444 e. The lowest BCUT2D eigenvalue weighted by molar-refractivity contribution is -0.117. The Hall–Kier alpha value is -2.73. The topological polar surface area (TPSA) is 107 Å². The van der Waals surface area contributed by atoms with Gasteiger partial charge in [-0.2, -0.15) is 0 Å². The highest BCUT2D eigenvalue weighted by atomic mass is 16.6. The van der Waals surface area contributed by atoms with Gasteiger partial charge in [0.1, 0.15) is 5.60 Å². The third kappa shape index (κ3) is 4.89. The number of ether oxygens (including phenoxy) is 1. The fourth-order valence-corrected chi connectivity index (χ4v) is 2.48. The van der Waals surface area contributed by atoms with Crippen molar-refractivity contribution in [1.29, 1.82) is 0 Å². The maximum atomic E-state index is 12.1. The SMILES string of the molecule is CC(C)(C)OC(=O)Nc1cccc(N2CC(CN=[N+]=[N-])CC2=O)c1. The number of nitrogens with zero attached hydrogens (tertiary/aromatic N) is 4. The number of benzene rings is 1. The molecule has 0 aliphatic carbocycles. The first-order chi connectivity index (χ1) is 11.3. The Balaban J connectivity index is 2.06. The van der Waals surface area contributed by atoms with Gasteiger partial charge in [-0.25, -0.2) is 4.79 Å².